The minimum atomic E-state index is 0.425. The van der Waals surface area contributed by atoms with Crippen molar-refractivity contribution in [2.24, 2.45) is 7.05 Å². The Morgan fingerprint density at radius 2 is 2.03 bits per heavy atom. The molecule has 0 N–H and O–H groups in total. The average Bonchev–Trinajstić information content (AvgIpc) is 3.02. The van der Waals surface area contributed by atoms with Gasteiger partial charge in [-0.15, -0.1) is 0 Å². The third-order valence-corrected chi connectivity index (χ3v) is 6.60. The number of fused-ring (bicyclic) bond motifs is 1. The van der Waals surface area contributed by atoms with Gasteiger partial charge in [0.2, 0.25) is 0 Å². The zero-order chi connectivity index (χ0) is 23.3. The lowest BCUT2D eigenvalue weighted by atomic mass is 9.91. The minimum Gasteiger partial charge on any atom is -0.465 e. The second-order valence-electron chi connectivity index (χ2n) is 7.69. The van der Waals surface area contributed by atoms with Crippen molar-refractivity contribution in [2.75, 3.05) is 0 Å². The van der Waals surface area contributed by atoms with Crippen LogP contribution in [0.4, 0.5) is 0 Å². The Kier molecular flexibility index (Phi) is 8.44. The van der Waals surface area contributed by atoms with E-state index in [2.05, 4.69) is 55.4 Å². The molecule has 170 valence electrons. The number of ether oxygens (including phenoxy) is 2. The lowest BCUT2D eigenvalue weighted by Crippen LogP contribution is -2.03. The molecule has 4 nitrogen and oxygen atoms in total. The third kappa shape index (κ3) is 5.21. The van der Waals surface area contributed by atoms with Crippen LogP contribution in [0.2, 0.25) is 0 Å². The van der Waals surface area contributed by atoms with Crippen LogP contribution in [-0.2, 0) is 11.8 Å². The van der Waals surface area contributed by atoms with E-state index >= 15 is 0 Å². The van der Waals surface area contributed by atoms with Crippen LogP contribution in [0, 0.1) is 0 Å². The lowest BCUT2D eigenvalue weighted by Gasteiger charge is -2.17. The molecule has 1 aliphatic rings. The van der Waals surface area contributed by atoms with Crippen LogP contribution in [0.5, 0.6) is 6.01 Å². The largest absolute Gasteiger partial charge is 0.465 e. The predicted molar refractivity (Wildman–Crippen MR) is 138 cm³/mol. The van der Waals surface area contributed by atoms with Crippen molar-refractivity contribution in [3.05, 3.63) is 75.7 Å². The summed E-state index contributed by atoms with van der Waals surface area (Å²) in [6.45, 7) is 10.6. The standard InChI is InChI=1S/C26H30BrClN2O2/c1-6-9-16-31-17(4)20-12-13-21(18(7-2)8-3)25-24(20)29-26(30(25)5)32-23-15-11-19(28)10-14-22(23)27/h9,11-16,18H,4,6-8,10H2,1-3,5H3/b16-9-. The summed E-state index contributed by atoms with van der Waals surface area (Å²) in [5.41, 5.74) is 3.97. The molecular formula is C26H30BrClN2O2. The van der Waals surface area contributed by atoms with Crippen molar-refractivity contribution < 1.29 is 9.47 Å². The number of nitrogens with zero attached hydrogens (tertiary/aromatic N) is 2. The smallest absolute Gasteiger partial charge is 0.302 e. The molecule has 0 fully saturated rings. The van der Waals surface area contributed by atoms with Crippen molar-refractivity contribution in [3.8, 4) is 6.01 Å². The highest BCUT2D eigenvalue weighted by Crippen LogP contribution is 2.37. The summed E-state index contributed by atoms with van der Waals surface area (Å²) in [5, 5.41) is 0.748. The van der Waals surface area contributed by atoms with Crippen molar-refractivity contribution in [1.29, 1.82) is 0 Å². The maximum atomic E-state index is 6.26. The van der Waals surface area contributed by atoms with E-state index < -0.39 is 0 Å². The van der Waals surface area contributed by atoms with Crippen LogP contribution < -0.4 is 4.74 Å². The predicted octanol–water partition coefficient (Wildman–Crippen LogP) is 8.46. The Balaban J connectivity index is 2.13. The maximum absolute atomic E-state index is 6.26. The summed E-state index contributed by atoms with van der Waals surface area (Å²) in [7, 11) is 1.98. The first-order valence-electron chi connectivity index (χ1n) is 11.0. The number of hydrogen-bond donors (Lipinski definition) is 0. The zero-order valence-electron chi connectivity index (χ0n) is 19.1. The van der Waals surface area contributed by atoms with Crippen LogP contribution in [0.3, 0.4) is 0 Å². The highest BCUT2D eigenvalue weighted by molar-refractivity contribution is 9.11. The number of hydrogen-bond acceptors (Lipinski definition) is 3. The number of aryl methyl sites for hydroxylation is 1. The first-order chi connectivity index (χ1) is 15.4. The molecule has 6 heteroatoms. The minimum absolute atomic E-state index is 0.425. The Hall–Kier alpha value is -2.24. The van der Waals surface area contributed by atoms with Gasteiger partial charge in [-0.2, -0.15) is 4.98 Å². The second-order valence-corrected chi connectivity index (χ2v) is 9.03. The maximum Gasteiger partial charge on any atom is 0.302 e. The van der Waals surface area contributed by atoms with E-state index in [0.29, 0.717) is 29.9 Å². The number of allylic oxidation sites excluding steroid dienone is 6. The van der Waals surface area contributed by atoms with Gasteiger partial charge >= 0.3 is 6.01 Å². The third-order valence-electron chi connectivity index (χ3n) is 5.61. The summed E-state index contributed by atoms with van der Waals surface area (Å²) in [6.07, 6.45) is 13.0. The van der Waals surface area contributed by atoms with E-state index in [1.165, 1.54) is 5.56 Å². The first-order valence-corrected chi connectivity index (χ1v) is 12.2. The van der Waals surface area contributed by atoms with Gasteiger partial charge in [0, 0.05) is 24.1 Å². The monoisotopic (exact) mass is 516 g/mol. The highest BCUT2D eigenvalue weighted by atomic mass is 79.9. The summed E-state index contributed by atoms with van der Waals surface area (Å²) < 4.78 is 14.9. The molecule has 1 heterocycles. The summed E-state index contributed by atoms with van der Waals surface area (Å²) >= 11 is 9.78. The lowest BCUT2D eigenvalue weighted by molar-refractivity contribution is 0.393. The van der Waals surface area contributed by atoms with Crippen LogP contribution in [0.25, 0.3) is 16.8 Å². The summed E-state index contributed by atoms with van der Waals surface area (Å²) in [4.78, 5) is 4.88. The Labute approximate surface area is 204 Å². The van der Waals surface area contributed by atoms with E-state index in [4.69, 9.17) is 26.1 Å². The van der Waals surface area contributed by atoms with E-state index in [-0.39, 0.29) is 0 Å². The molecule has 0 spiro atoms. The van der Waals surface area contributed by atoms with Gasteiger partial charge in [-0.1, -0.05) is 51.1 Å². The molecule has 2 aromatic rings. The Morgan fingerprint density at radius 3 is 2.72 bits per heavy atom. The number of benzene rings is 1. The van der Waals surface area contributed by atoms with Gasteiger partial charge in [0.15, 0.2) is 0 Å². The fraction of sp³-hybridized carbons (Fsp3) is 0.346. The number of rotatable bonds is 9. The van der Waals surface area contributed by atoms with Gasteiger partial charge in [0.25, 0.3) is 0 Å². The van der Waals surface area contributed by atoms with Crippen LogP contribution in [0.15, 0.2) is 64.6 Å². The molecule has 0 saturated heterocycles. The van der Waals surface area contributed by atoms with Crippen LogP contribution in [0.1, 0.15) is 63.5 Å². The van der Waals surface area contributed by atoms with Crippen molar-refractivity contribution >= 4 is 44.3 Å². The number of halogens is 2. The molecule has 0 radical (unpaired) electrons. The molecule has 0 aliphatic heterocycles. The molecular weight excluding hydrogens is 488 g/mol. The second kappa shape index (κ2) is 11.1. The van der Waals surface area contributed by atoms with Gasteiger partial charge < -0.3 is 9.47 Å². The molecule has 3 rings (SSSR count). The molecule has 0 atom stereocenters. The average molecular weight is 518 g/mol. The zero-order valence-corrected chi connectivity index (χ0v) is 21.5. The molecule has 1 aromatic heterocycles. The van der Waals surface area contributed by atoms with Gasteiger partial charge in [-0.3, -0.25) is 4.57 Å². The van der Waals surface area contributed by atoms with Crippen molar-refractivity contribution in [2.45, 2.75) is 52.4 Å². The van der Waals surface area contributed by atoms with Gasteiger partial charge in [0.05, 0.1) is 16.3 Å². The molecule has 1 aliphatic carbocycles. The molecule has 32 heavy (non-hydrogen) atoms. The van der Waals surface area contributed by atoms with Crippen molar-refractivity contribution in [3.63, 3.8) is 0 Å². The molecule has 0 unspecified atom stereocenters. The van der Waals surface area contributed by atoms with E-state index in [0.717, 1.165) is 45.4 Å². The number of imidazole rings is 1. The fourth-order valence-electron chi connectivity index (χ4n) is 3.77. The van der Waals surface area contributed by atoms with Crippen LogP contribution >= 0.6 is 27.5 Å². The Bertz CT molecular complexity index is 1120. The van der Waals surface area contributed by atoms with Crippen molar-refractivity contribution in [1.82, 2.24) is 9.55 Å². The summed E-state index contributed by atoms with van der Waals surface area (Å²) in [6, 6.07) is 4.72. The van der Waals surface area contributed by atoms with Gasteiger partial charge in [0.1, 0.15) is 17.0 Å². The topological polar surface area (TPSA) is 36.3 Å². The normalized spacial score (nSPS) is 14.4. The van der Waals surface area contributed by atoms with E-state index in [1.807, 2.05) is 35.9 Å². The van der Waals surface area contributed by atoms with Gasteiger partial charge in [-0.05, 0) is 71.0 Å². The van der Waals surface area contributed by atoms with E-state index in [9.17, 15) is 0 Å². The highest BCUT2D eigenvalue weighted by Gasteiger charge is 2.22. The van der Waals surface area contributed by atoms with Gasteiger partial charge in [-0.25, -0.2) is 0 Å². The molecule has 0 bridgehead atoms. The fourth-order valence-corrected chi connectivity index (χ4v) is 4.29. The Morgan fingerprint density at radius 1 is 1.28 bits per heavy atom. The molecule has 0 amide bonds. The molecule has 0 saturated carbocycles. The summed E-state index contributed by atoms with van der Waals surface area (Å²) in [5.74, 6) is 1.64. The van der Waals surface area contributed by atoms with E-state index in [1.54, 1.807) is 6.26 Å². The van der Waals surface area contributed by atoms with Crippen LogP contribution in [-0.4, -0.2) is 9.55 Å². The SMILES string of the molecule is C=C(O/C=C\CC)c1ccc(C(CC)CC)c2c1nc(OC1=CC=C(Cl)CC=C1Br)n2C. The first kappa shape index (κ1) is 24.4. The quantitative estimate of drug-likeness (QED) is 0.313. The molecule has 1 aromatic carbocycles. The number of aromatic nitrogens is 2.